The smallest absolute Gasteiger partial charge is 0.184 e. The first-order valence-electron chi connectivity index (χ1n) is 5.45. The van der Waals surface area contributed by atoms with E-state index in [0.29, 0.717) is 0 Å². The van der Waals surface area contributed by atoms with Crippen LogP contribution in [0, 0.1) is 0 Å². The minimum absolute atomic E-state index is 0.0990. The summed E-state index contributed by atoms with van der Waals surface area (Å²) in [6.45, 7) is 6.32. The van der Waals surface area contributed by atoms with Crippen molar-refractivity contribution in [3.8, 4) is 0 Å². The molecule has 1 heterocycles. The topological polar surface area (TPSA) is 18.5 Å². The summed E-state index contributed by atoms with van der Waals surface area (Å²) in [6.07, 6.45) is 0.972. The maximum Gasteiger partial charge on any atom is 0.184 e. The largest absolute Gasteiger partial charge is 0.345 e. The third kappa shape index (κ3) is 2.58. The summed E-state index contributed by atoms with van der Waals surface area (Å²) < 4.78 is 11.7. The van der Waals surface area contributed by atoms with Crippen molar-refractivity contribution in [1.82, 2.24) is 0 Å². The van der Waals surface area contributed by atoms with Gasteiger partial charge in [-0.2, -0.15) is 0 Å². The van der Waals surface area contributed by atoms with Gasteiger partial charge >= 0.3 is 0 Å². The van der Waals surface area contributed by atoms with Crippen LogP contribution in [0.15, 0.2) is 30.3 Å². The molecule has 2 atom stereocenters. The Morgan fingerprint density at radius 1 is 1.20 bits per heavy atom. The number of benzene rings is 1. The second-order valence-corrected chi connectivity index (χ2v) is 4.77. The van der Waals surface area contributed by atoms with E-state index < -0.39 is 0 Å². The molecule has 1 fully saturated rings. The summed E-state index contributed by atoms with van der Waals surface area (Å²) in [5, 5.41) is 0. The molecule has 0 aliphatic carbocycles. The standard InChI is InChI=1S/C13H18O2/c1-10-9-13(2,3)15-12(14-10)11-7-5-4-6-8-11/h4-8,10,12H,9H2,1-3H3/t10-,12-/m1/s1. The van der Waals surface area contributed by atoms with Gasteiger partial charge in [-0.05, 0) is 20.8 Å². The lowest BCUT2D eigenvalue weighted by atomic mass is 9.99. The van der Waals surface area contributed by atoms with Crippen LogP contribution in [0.25, 0.3) is 0 Å². The quantitative estimate of drug-likeness (QED) is 0.702. The molecule has 82 valence electrons. The van der Waals surface area contributed by atoms with Crippen molar-refractivity contribution >= 4 is 0 Å². The molecule has 1 aliphatic heterocycles. The van der Waals surface area contributed by atoms with Crippen molar-refractivity contribution < 1.29 is 9.47 Å². The summed E-state index contributed by atoms with van der Waals surface area (Å²) in [4.78, 5) is 0. The second-order valence-electron chi connectivity index (χ2n) is 4.77. The van der Waals surface area contributed by atoms with Crippen LogP contribution in [-0.4, -0.2) is 11.7 Å². The van der Waals surface area contributed by atoms with Crippen LogP contribution in [0.1, 0.15) is 39.0 Å². The minimum atomic E-state index is -0.218. The molecule has 1 aliphatic rings. The van der Waals surface area contributed by atoms with Gasteiger partial charge in [0.25, 0.3) is 0 Å². The van der Waals surface area contributed by atoms with Crippen molar-refractivity contribution in [3.05, 3.63) is 35.9 Å². The third-order valence-corrected chi connectivity index (χ3v) is 2.63. The summed E-state index contributed by atoms with van der Waals surface area (Å²) in [6, 6.07) is 10.1. The molecule has 1 saturated heterocycles. The van der Waals surface area contributed by atoms with Gasteiger partial charge in [-0.15, -0.1) is 0 Å². The Morgan fingerprint density at radius 3 is 2.47 bits per heavy atom. The minimum Gasteiger partial charge on any atom is -0.345 e. The molecule has 2 nitrogen and oxygen atoms in total. The molecule has 1 aromatic rings. The highest BCUT2D eigenvalue weighted by Crippen LogP contribution is 2.35. The number of hydrogen-bond acceptors (Lipinski definition) is 2. The Kier molecular flexibility index (Phi) is 2.81. The Balaban J connectivity index is 2.17. The highest BCUT2D eigenvalue weighted by Gasteiger charge is 2.33. The summed E-state index contributed by atoms with van der Waals surface area (Å²) >= 11 is 0. The summed E-state index contributed by atoms with van der Waals surface area (Å²) in [7, 11) is 0. The average molecular weight is 206 g/mol. The van der Waals surface area contributed by atoms with E-state index in [9.17, 15) is 0 Å². The molecule has 2 heteroatoms. The molecule has 15 heavy (non-hydrogen) atoms. The second kappa shape index (κ2) is 3.95. The number of ether oxygens (including phenoxy) is 2. The van der Waals surface area contributed by atoms with E-state index in [4.69, 9.17) is 9.47 Å². The van der Waals surface area contributed by atoms with E-state index in [-0.39, 0.29) is 18.0 Å². The van der Waals surface area contributed by atoms with Crippen molar-refractivity contribution in [2.45, 2.75) is 45.2 Å². The third-order valence-electron chi connectivity index (χ3n) is 2.63. The maximum absolute atomic E-state index is 5.91. The molecular formula is C13H18O2. The van der Waals surface area contributed by atoms with Gasteiger partial charge in [0, 0.05) is 12.0 Å². The number of hydrogen-bond donors (Lipinski definition) is 0. The number of rotatable bonds is 1. The van der Waals surface area contributed by atoms with Gasteiger partial charge in [0.1, 0.15) is 0 Å². The fourth-order valence-electron chi connectivity index (χ4n) is 2.07. The van der Waals surface area contributed by atoms with Crippen LogP contribution in [0.3, 0.4) is 0 Å². The molecule has 0 radical (unpaired) electrons. The Hall–Kier alpha value is -0.860. The highest BCUT2D eigenvalue weighted by molar-refractivity contribution is 5.16. The first-order chi connectivity index (χ1) is 7.07. The van der Waals surface area contributed by atoms with Gasteiger partial charge in [0.2, 0.25) is 0 Å². The van der Waals surface area contributed by atoms with Gasteiger partial charge in [0.05, 0.1) is 11.7 Å². The van der Waals surface area contributed by atoms with E-state index in [1.165, 1.54) is 0 Å². The first kappa shape index (κ1) is 10.7. The Labute approximate surface area is 91.2 Å². The van der Waals surface area contributed by atoms with Crippen molar-refractivity contribution in [1.29, 1.82) is 0 Å². The molecule has 0 saturated carbocycles. The van der Waals surface area contributed by atoms with E-state index in [2.05, 4.69) is 20.8 Å². The molecule has 2 rings (SSSR count). The zero-order valence-corrected chi connectivity index (χ0v) is 9.57. The SMILES string of the molecule is C[C@@H]1CC(C)(C)O[C@H](c2ccccc2)O1. The van der Waals surface area contributed by atoms with Gasteiger partial charge < -0.3 is 9.47 Å². The van der Waals surface area contributed by atoms with E-state index in [1.807, 2.05) is 30.3 Å². The van der Waals surface area contributed by atoms with Crippen LogP contribution in [0.2, 0.25) is 0 Å². The van der Waals surface area contributed by atoms with Crippen LogP contribution in [0.5, 0.6) is 0 Å². The van der Waals surface area contributed by atoms with E-state index >= 15 is 0 Å². The van der Waals surface area contributed by atoms with Gasteiger partial charge in [0.15, 0.2) is 6.29 Å². The monoisotopic (exact) mass is 206 g/mol. The molecule has 0 bridgehead atoms. The first-order valence-corrected chi connectivity index (χ1v) is 5.45. The van der Waals surface area contributed by atoms with Crippen molar-refractivity contribution in [2.75, 3.05) is 0 Å². The van der Waals surface area contributed by atoms with Crippen molar-refractivity contribution in [2.24, 2.45) is 0 Å². The Morgan fingerprint density at radius 2 is 1.87 bits per heavy atom. The molecule has 0 aromatic heterocycles. The average Bonchev–Trinajstić information content (AvgIpc) is 2.16. The van der Waals surface area contributed by atoms with Crippen LogP contribution >= 0.6 is 0 Å². The lowest BCUT2D eigenvalue weighted by Crippen LogP contribution is -2.38. The van der Waals surface area contributed by atoms with Crippen LogP contribution in [-0.2, 0) is 9.47 Å². The molecule has 0 N–H and O–H groups in total. The van der Waals surface area contributed by atoms with Crippen LogP contribution in [0.4, 0.5) is 0 Å². The predicted molar refractivity (Wildman–Crippen MR) is 59.5 cm³/mol. The normalized spacial score (nSPS) is 30.1. The van der Waals surface area contributed by atoms with Gasteiger partial charge in [-0.3, -0.25) is 0 Å². The molecular weight excluding hydrogens is 188 g/mol. The molecule has 0 amide bonds. The lowest BCUT2D eigenvalue weighted by molar-refractivity contribution is -0.273. The van der Waals surface area contributed by atoms with Crippen molar-refractivity contribution in [3.63, 3.8) is 0 Å². The molecule has 0 unspecified atom stereocenters. The summed E-state index contributed by atoms with van der Waals surface area (Å²) in [5.74, 6) is 0. The fraction of sp³-hybridized carbons (Fsp3) is 0.538. The predicted octanol–water partition coefficient (Wildman–Crippen LogP) is 3.29. The van der Waals surface area contributed by atoms with E-state index in [0.717, 1.165) is 12.0 Å². The van der Waals surface area contributed by atoms with Gasteiger partial charge in [-0.25, -0.2) is 0 Å². The summed E-state index contributed by atoms with van der Waals surface area (Å²) in [5.41, 5.74) is 0.996. The lowest BCUT2D eigenvalue weighted by Gasteiger charge is -2.39. The highest BCUT2D eigenvalue weighted by atomic mass is 16.7. The van der Waals surface area contributed by atoms with E-state index in [1.54, 1.807) is 0 Å². The molecule has 0 spiro atoms. The maximum atomic E-state index is 5.91. The molecule has 1 aromatic carbocycles. The fourth-order valence-corrected chi connectivity index (χ4v) is 2.07. The van der Waals surface area contributed by atoms with Crippen LogP contribution < -0.4 is 0 Å². The Bertz CT molecular complexity index is 319. The van der Waals surface area contributed by atoms with Gasteiger partial charge in [-0.1, -0.05) is 30.3 Å². The zero-order chi connectivity index (χ0) is 10.9. The zero-order valence-electron chi connectivity index (χ0n) is 9.57.